The third-order valence-corrected chi connectivity index (χ3v) is 3.29. The number of aromatic nitrogens is 3. The van der Waals surface area contributed by atoms with Crippen molar-refractivity contribution < 1.29 is 4.79 Å². The number of carbonyl (C=O) groups is 1. The number of nitrogens with two attached hydrogens (primary N) is 1. The summed E-state index contributed by atoms with van der Waals surface area (Å²) in [7, 11) is 0. The quantitative estimate of drug-likeness (QED) is 0.878. The third kappa shape index (κ3) is 2.62. The van der Waals surface area contributed by atoms with Gasteiger partial charge in [0.2, 0.25) is 5.13 Å². The van der Waals surface area contributed by atoms with Gasteiger partial charge in [-0.25, -0.2) is 0 Å². The van der Waals surface area contributed by atoms with Gasteiger partial charge in [0.15, 0.2) is 0 Å². The van der Waals surface area contributed by atoms with Gasteiger partial charge in [-0.2, -0.15) is 0 Å². The molecule has 0 radical (unpaired) electrons. The van der Waals surface area contributed by atoms with Gasteiger partial charge in [0.1, 0.15) is 5.01 Å². The molecule has 0 atom stereocenters. The number of amides is 1. The van der Waals surface area contributed by atoms with E-state index in [-0.39, 0.29) is 5.91 Å². The number of nitrogen functional groups attached to an aromatic ring is 1. The molecule has 0 saturated carbocycles. The first-order valence-corrected chi connectivity index (χ1v) is 6.27. The van der Waals surface area contributed by atoms with E-state index < -0.39 is 0 Å². The van der Waals surface area contributed by atoms with Crippen molar-refractivity contribution in [2.75, 3.05) is 11.1 Å². The number of anilines is 2. The highest BCUT2D eigenvalue weighted by molar-refractivity contribution is 7.15. The first-order valence-electron chi connectivity index (χ1n) is 5.46. The molecule has 2 heterocycles. The number of nitrogens with one attached hydrogen (secondary N) is 1. The van der Waals surface area contributed by atoms with Crippen LogP contribution in [0.2, 0.25) is 0 Å². The largest absolute Gasteiger partial charge is 0.398 e. The molecule has 0 aliphatic rings. The number of pyridine rings is 1. The molecule has 0 saturated heterocycles. The maximum atomic E-state index is 12.0. The fourth-order valence-corrected chi connectivity index (χ4v) is 2.06. The van der Waals surface area contributed by atoms with Crippen LogP contribution in [0.1, 0.15) is 28.0 Å². The van der Waals surface area contributed by atoms with Crippen LogP contribution >= 0.6 is 11.3 Å². The standard InChI is InChI=1S/C11H13N5OS/c1-3-9-15-16-11(18-9)14-10(17)7-5-13-6(2)4-8(7)12/h4-5H,3H2,1-2H3,(H2,12,13)(H,14,16,17). The summed E-state index contributed by atoms with van der Waals surface area (Å²) in [6, 6.07) is 1.66. The zero-order chi connectivity index (χ0) is 13.1. The van der Waals surface area contributed by atoms with Crippen molar-refractivity contribution in [2.45, 2.75) is 20.3 Å². The van der Waals surface area contributed by atoms with Gasteiger partial charge in [0.05, 0.1) is 5.56 Å². The van der Waals surface area contributed by atoms with Crippen LogP contribution in [0, 0.1) is 6.92 Å². The highest BCUT2D eigenvalue weighted by Gasteiger charge is 2.13. The van der Waals surface area contributed by atoms with Crippen molar-refractivity contribution in [2.24, 2.45) is 0 Å². The van der Waals surface area contributed by atoms with Gasteiger partial charge in [-0.15, -0.1) is 10.2 Å². The minimum absolute atomic E-state index is 0.321. The second-order valence-electron chi connectivity index (χ2n) is 3.72. The average molecular weight is 263 g/mol. The van der Waals surface area contributed by atoms with E-state index in [2.05, 4.69) is 20.5 Å². The summed E-state index contributed by atoms with van der Waals surface area (Å²) in [5.74, 6) is -0.321. The molecule has 0 aromatic carbocycles. The minimum Gasteiger partial charge on any atom is -0.398 e. The second kappa shape index (κ2) is 5.09. The SMILES string of the molecule is CCc1nnc(NC(=O)c2cnc(C)cc2N)s1. The number of nitrogens with zero attached hydrogens (tertiary/aromatic N) is 3. The van der Waals surface area contributed by atoms with E-state index in [1.807, 2.05) is 13.8 Å². The van der Waals surface area contributed by atoms with Crippen LogP contribution in [0.3, 0.4) is 0 Å². The molecule has 0 aliphatic carbocycles. The van der Waals surface area contributed by atoms with E-state index in [0.717, 1.165) is 17.1 Å². The van der Waals surface area contributed by atoms with Crippen molar-refractivity contribution in [3.05, 3.63) is 28.5 Å². The molecular formula is C11H13N5OS. The highest BCUT2D eigenvalue weighted by Crippen LogP contribution is 2.18. The molecule has 0 aliphatic heterocycles. The van der Waals surface area contributed by atoms with Gasteiger partial charge in [0.25, 0.3) is 5.91 Å². The van der Waals surface area contributed by atoms with Crippen LogP contribution in [-0.4, -0.2) is 21.1 Å². The Balaban J connectivity index is 2.16. The van der Waals surface area contributed by atoms with Crippen LogP contribution in [-0.2, 0) is 6.42 Å². The van der Waals surface area contributed by atoms with Crippen LogP contribution in [0.4, 0.5) is 10.8 Å². The molecular weight excluding hydrogens is 250 g/mol. The second-order valence-corrected chi connectivity index (χ2v) is 4.78. The number of rotatable bonds is 3. The minimum atomic E-state index is -0.321. The molecule has 6 nitrogen and oxygen atoms in total. The van der Waals surface area contributed by atoms with Gasteiger partial charge in [-0.3, -0.25) is 15.1 Å². The fourth-order valence-electron chi connectivity index (χ4n) is 1.38. The van der Waals surface area contributed by atoms with Crippen molar-refractivity contribution in [1.82, 2.24) is 15.2 Å². The summed E-state index contributed by atoms with van der Waals surface area (Å²) in [5, 5.41) is 11.8. The lowest BCUT2D eigenvalue weighted by atomic mass is 10.2. The normalized spacial score (nSPS) is 10.3. The number of aryl methyl sites for hydroxylation is 2. The van der Waals surface area contributed by atoms with E-state index >= 15 is 0 Å². The molecule has 18 heavy (non-hydrogen) atoms. The molecule has 94 valence electrons. The lowest BCUT2D eigenvalue weighted by Crippen LogP contribution is -2.14. The van der Waals surface area contributed by atoms with Gasteiger partial charge in [-0.1, -0.05) is 18.3 Å². The van der Waals surface area contributed by atoms with Crippen molar-refractivity contribution in [3.8, 4) is 0 Å². The summed E-state index contributed by atoms with van der Waals surface area (Å²) in [5.41, 5.74) is 7.29. The van der Waals surface area contributed by atoms with E-state index in [4.69, 9.17) is 5.73 Å². The summed E-state index contributed by atoms with van der Waals surface area (Å²) in [6.07, 6.45) is 2.25. The summed E-state index contributed by atoms with van der Waals surface area (Å²) >= 11 is 1.35. The molecule has 2 aromatic rings. The van der Waals surface area contributed by atoms with E-state index in [1.165, 1.54) is 17.5 Å². The highest BCUT2D eigenvalue weighted by atomic mass is 32.1. The lowest BCUT2D eigenvalue weighted by molar-refractivity contribution is 0.102. The number of hydrogen-bond acceptors (Lipinski definition) is 6. The molecule has 1 amide bonds. The Labute approximate surface area is 108 Å². The van der Waals surface area contributed by atoms with Crippen LogP contribution in [0.15, 0.2) is 12.3 Å². The van der Waals surface area contributed by atoms with Gasteiger partial charge >= 0.3 is 0 Å². The van der Waals surface area contributed by atoms with Crippen molar-refractivity contribution in [3.63, 3.8) is 0 Å². The molecule has 0 unspecified atom stereocenters. The summed E-state index contributed by atoms with van der Waals surface area (Å²) in [6.45, 7) is 3.80. The molecule has 0 spiro atoms. The van der Waals surface area contributed by atoms with E-state index in [1.54, 1.807) is 6.07 Å². The topological polar surface area (TPSA) is 93.8 Å². The monoisotopic (exact) mass is 263 g/mol. The van der Waals surface area contributed by atoms with E-state index in [9.17, 15) is 4.79 Å². The maximum absolute atomic E-state index is 12.0. The lowest BCUT2D eigenvalue weighted by Gasteiger charge is -2.04. The Morgan fingerprint density at radius 3 is 2.89 bits per heavy atom. The zero-order valence-corrected chi connectivity index (χ0v) is 10.9. The smallest absolute Gasteiger partial charge is 0.261 e. The maximum Gasteiger partial charge on any atom is 0.261 e. The Bertz CT molecular complexity index is 581. The Morgan fingerprint density at radius 2 is 2.28 bits per heavy atom. The summed E-state index contributed by atoms with van der Waals surface area (Å²) in [4.78, 5) is 16.0. The van der Waals surface area contributed by atoms with Crippen molar-refractivity contribution in [1.29, 1.82) is 0 Å². The van der Waals surface area contributed by atoms with Crippen LogP contribution in [0.25, 0.3) is 0 Å². The molecule has 2 aromatic heterocycles. The third-order valence-electron chi connectivity index (χ3n) is 2.31. The van der Waals surface area contributed by atoms with Crippen LogP contribution in [0.5, 0.6) is 0 Å². The number of carbonyl (C=O) groups excluding carboxylic acids is 1. The first kappa shape index (κ1) is 12.4. The molecule has 0 bridgehead atoms. The predicted molar refractivity (Wildman–Crippen MR) is 70.6 cm³/mol. The molecule has 0 fully saturated rings. The Kier molecular flexibility index (Phi) is 3.52. The molecule has 3 N–H and O–H groups in total. The van der Waals surface area contributed by atoms with Gasteiger partial charge in [-0.05, 0) is 19.4 Å². The van der Waals surface area contributed by atoms with Crippen LogP contribution < -0.4 is 11.1 Å². The Morgan fingerprint density at radius 1 is 1.50 bits per heavy atom. The first-order chi connectivity index (χ1) is 8.60. The Hall–Kier alpha value is -2.02. The zero-order valence-electron chi connectivity index (χ0n) is 10.1. The average Bonchev–Trinajstić information content (AvgIpc) is 2.76. The molecule has 2 rings (SSSR count). The predicted octanol–water partition coefficient (Wildman–Crippen LogP) is 1.64. The van der Waals surface area contributed by atoms with Crippen molar-refractivity contribution >= 4 is 28.1 Å². The molecule has 7 heteroatoms. The summed E-state index contributed by atoms with van der Waals surface area (Å²) < 4.78 is 0. The number of hydrogen-bond donors (Lipinski definition) is 2. The van der Waals surface area contributed by atoms with E-state index in [0.29, 0.717) is 16.4 Å². The van der Waals surface area contributed by atoms with Gasteiger partial charge < -0.3 is 5.73 Å². The van der Waals surface area contributed by atoms with Gasteiger partial charge in [0, 0.05) is 17.6 Å². The fraction of sp³-hybridized carbons (Fsp3) is 0.273.